The second-order valence-electron chi connectivity index (χ2n) is 6.39. The summed E-state index contributed by atoms with van der Waals surface area (Å²) in [7, 11) is 0. The average molecular weight is 493 g/mol. The molecule has 0 spiro atoms. The van der Waals surface area contributed by atoms with Gasteiger partial charge in [0.05, 0.1) is 0 Å². The third-order valence-corrected chi connectivity index (χ3v) is 3.58. The third-order valence-electron chi connectivity index (χ3n) is 3.58. The number of hydrogen-bond donors (Lipinski definition) is 2. The molecule has 0 aliphatic heterocycles. The lowest BCUT2D eigenvalue weighted by molar-refractivity contribution is -0.165. The predicted octanol–water partition coefficient (Wildman–Crippen LogP) is -0.374. The number of nitrogens with one attached hydrogen (secondary N) is 2. The maximum Gasteiger partial charge on any atom is 0.412 e. The molecule has 0 unspecified atom stereocenters. The first kappa shape index (κ1) is 30.4. The maximum atomic E-state index is 12.2. The second-order valence-corrected chi connectivity index (χ2v) is 6.39. The van der Waals surface area contributed by atoms with E-state index in [1.807, 2.05) is 0 Å². The van der Waals surface area contributed by atoms with E-state index in [0.717, 1.165) is 13.8 Å². The molecule has 0 aromatic rings. The first-order valence-corrected chi connectivity index (χ1v) is 10.2. The minimum Gasteiger partial charge on any atom is -0.428 e. The van der Waals surface area contributed by atoms with E-state index in [1.165, 1.54) is 11.8 Å². The van der Waals surface area contributed by atoms with Crippen molar-refractivity contribution in [2.45, 2.75) is 33.6 Å². The highest BCUT2D eigenvalue weighted by atomic mass is 16.7. The topological polar surface area (TPSA) is 185 Å². The molecule has 0 bridgehead atoms. The quantitative estimate of drug-likeness (QED) is 0.123. The van der Waals surface area contributed by atoms with Crippen molar-refractivity contribution in [1.29, 1.82) is 0 Å². The van der Waals surface area contributed by atoms with E-state index in [9.17, 15) is 28.8 Å². The Labute approximate surface area is 196 Å². The SMILES string of the molecule is CC(=O)OCOC(=O)CCCNCCN(CCNC(=O)OCOC(C)=O)C(=O)OCOC(C)=O. The van der Waals surface area contributed by atoms with Crippen LogP contribution < -0.4 is 10.6 Å². The van der Waals surface area contributed by atoms with Gasteiger partial charge in [0.15, 0.2) is 0 Å². The van der Waals surface area contributed by atoms with Gasteiger partial charge in [0, 0.05) is 53.4 Å². The highest BCUT2D eigenvalue weighted by Gasteiger charge is 2.16. The molecule has 0 fully saturated rings. The summed E-state index contributed by atoms with van der Waals surface area (Å²) in [6, 6.07) is 0. The molecule has 0 saturated carbocycles. The van der Waals surface area contributed by atoms with Gasteiger partial charge in [-0.05, 0) is 13.0 Å². The number of carbonyl (C=O) groups excluding carboxylic acids is 6. The summed E-state index contributed by atoms with van der Waals surface area (Å²) in [5.41, 5.74) is 0. The molecule has 0 aromatic carbocycles. The van der Waals surface area contributed by atoms with Gasteiger partial charge in [-0.3, -0.25) is 19.2 Å². The fourth-order valence-electron chi connectivity index (χ4n) is 2.01. The maximum absolute atomic E-state index is 12.2. The number of carbonyl (C=O) groups is 6. The third kappa shape index (κ3) is 19.1. The van der Waals surface area contributed by atoms with Crippen molar-refractivity contribution in [2.75, 3.05) is 53.1 Å². The lowest BCUT2D eigenvalue weighted by Gasteiger charge is -2.22. The van der Waals surface area contributed by atoms with E-state index in [0.29, 0.717) is 19.5 Å². The fraction of sp³-hybridized carbons (Fsp3) is 0.684. The van der Waals surface area contributed by atoms with E-state index in [-0.39, 0.29) is 26.1 Å². The van der Waals surface area contributed by atoms with Crippen molar-refractivity contribution in [3.63, 3.8) is 0 Å². The van der Waals surface area contributed by atoms with Gasteiger partial charge in [0.2, 0.25) is 20.4 Å². The van der Waals surface area contributed by atoms with Crippen LogP contribution in [-0.4, -0.2) is 94.1 Å². The zero-order valence-corrected chi connectivity index (χ0v) is 19.4. The second kappa shape index (κ2) is 18.9. The first-order valence-electron chi connectivity index (χ1n) is 10.2. The predicted molar refractivity (Wildman–Crippen MR) is 111 cm³/mol. The van der Waals surface area contributed by atoms with Gasteiger partial charge in [-0.1, -0.05) is 0 Å². The Balaban J connectivity index is 4.28. The van der Waals surface area contributed by atoms with Crippen LogP contribution in [0.25, 0.3) is 0 Å². The molecule has 15 nitrogen and oxygen atoms in total. The molecule has 0 rings (SSSR count). The van der Waals surface area contributed by atoms with E-state index in [1.54, 1.807) is 0 Å². The zero-order valence-electron chi connectivity index (χ0n) is 19.4. The van der Waals surface area contributed by atoms with Crippen molar-refractivity contribution in [1.82, 2.24) is 15.5 Å². The highest BCUT2D eigenvalue weighted by Crippen LogP contribution is 1.96. The van der Waals surface area contributed by atoms with Gasteiger partial charge >= 0.3 is 36.1 Å². The van der Waals surface area contributed by atoms with Crippen molar-refractivity contribution in [2.24, 2.45) is 0 Å². The van der Waals surface area contributed by atoms with E-state index in [2.05, 4.69) is 29.6 Å². The summed E-state index contributed by atoms with van der Waals surface area (Å²) in [5.74, 6) is -2.31. The van der Waals surface area contributed by atoms with E-state index in [4.69, 9.17) is 9.47 Å². The highest BCUT2D eigenvalue weighted by molar-refractivity contribution is 5.70. The lowest BCUT2D eigenvalue weighted by atomic mass is 10.3. The minimum atomic E-state index is -0.854. The zero-order chi connectivity index (χ0) is 25.8. The Morgan fingerprint density at radius 2 is 1.18 bits per heavy atom. The number of alkyl carbamates (subject to hydrolysis) is 1. The first-order chi connectivity index (χ1) is 16.1. The number of ether oxygens (including phenoxy) is 6. The minimum absolute atomic E-state index is 0.00422. The molecule has 34 heavy (non-hydrogen) atoms. The summed E-state index contributed by atoms with van der Waals surface area (Å²) in [6.45, 7) is 2.92. The monoisotopic (exact) mass is 493 g/mol. The van der Waals surface area contributed by atoms with Crippen LogP contribution in [0.15, 0.2) is 0 Å². The number of rotatable bonds is 16. The number of hydrogen-bond acceptors (Lipinski definition) is 13. The molecule has 0 saturated heterocycles. The van der Waals surface area contributed by atoms with Gasteiger partial charge in [-0.25, -0.2) is 9.59 Å². The van der Waals surface area contributed by atoms with Gasteiger partial charge in [-0.15, -0.1) is 0 Å². The van der Waals surface area contributed by atoms with Gasteiger partial charge in [0.25, 0.3) is 0 Å². The van der Waals surface area contributed by atoms with Crippen molar-refractivity contribution < 1.29 is 57.2 Å². The van der Waals surface area contributed by atoms with Crippen LogP contribution in [0, 0.1) is 0 Å². The fourth-order valence-corrected chi connectivity index (χ4v) is 2.01. The number of esters is 4. The number of nitrogens with zero attached hydrogens (tertiary/aromatic N) is 1. The summed E-state index contributed by atoms with van der Waals surface area (Å²) >= 11 is 0. The van der Waals surface area contributed by atoms with E-state index < -0.39 is 56.4 Å². The molecule has 0 aliphatic rings. The summed E-state index contributed by atoms with van der Waals surface area (Å²) in [5, 5.41) is 5.40. The standard InChI is InChI=1S/C19H31N3O12/c1-14(23)29-11-32-17(26)5-4-6-20-7-9-22(19(28)34-13-31-16(3)25)10-8-21-18(27)33-12-30-15(2)24/h20H,4-13H2,1-3H3,(H,21,27). The molecule has 2 amide bonds. The van der Waals surface area contributed by atoms with Crippen LogP contribution in [0.1, 0.15) is 33.6 Å². The van der Waals surface area contributed by atoms with Crippen LogP contribution >= 0.6 is 0 Å². The van der Waals surface area contributed by atoms with Gasteiger partial charge in [-0.2, -0.15) is 0 Å². The smallest absolute Gasteiger partial charge is 0.412 e. The summed E-state index contributed by atoms with van der Waals surface area (Å²) in [4.78, 5) is 68.4. The Bertz CT molecular complexity index is 685. The van der Waals surface area contributed by atoms with Crippen LogP contribution in [0.4, 0.5) is 9.59 Å². The molecule has 194 valence electrons. The van der Waals surface area contributed by atoms with Crippen LogP contribution in [0.5, 0.6) is 0 Å². The molecular formula is C19H31N3O12. The molecular weight excluding hydrogens is 462 g/mol. The number of amides is 2. The van der Waals surface area contributed by atoms with Crippen LogP contribution in [0.2, 0.25) is 0 Å². The Morgan fingerprint density at radius 1 is 0.647 bits per heavy atom. The Kier molecular flexibility index (Phi) is 16.9. The molecule has 15 heteroatoms. The van der Waals surface area contributed by atoms with Crippen molar-refractivity contribution >= 4 is 36.1 Å². The normalized spacial score (nSPS) is 9.85. The molecule has 2 N–H and O–H groups in total. The molecule has 0 aliphatic carbocycles. The molecule has 0 radical (unpaired) electrons. The molecule has 0 heterocycles. The van der Waals surface area contributed by atoms with Gasteiger partial charge in [0.1, 0.15) is 0 Å². The Morgan fingerprint density at radius 3 is 1.76 bits per heavy atom. The van der Waals surface area contributed by atoms with Crippen LogP contribution in [-0.2, 0) is 47.6 Å². The van der Waals surface area contributed by atoms with E-state index >= 15 is 0 Å². The van der Waals surface area contributed by atoms with Gasteiger partial charge < -0.3 is 44.0 Å². The van der Waals surface area contributed by atoms with Crippen molar-refractivity contribution in [3.8, 4) is 0 Å². The summed E-state index contributed by atoms with van der Waals surface area (Å²) in [6.07, 6.45) is -1.10. The Hall–Kier alpha value is -3.62. The van der Waals surface area contributed by atoms with Crippen molar-refractivity contribution in [3.05, 3.63) is 0 Å². The largest absolute Gasteiger partial charge is 0.428 e. The lowest BCUT2D eigenvalue weighted by Crippen LogP contribution is -2.42. The summed E-state index contributed by atoms with van der Waals surface area (Å²) < 4.78 is 27.7. The average Bonchev–Trinajstić information content (AvgIpc) is 2.73. The molecule has 0 aromatic heterocycles. The molecule has 0 atom stereocenters. The van der Waals surface area contributed by atoms with Crippen LogP contribution in [0.3, 0.4) is 0 Å².